The molecule has 2 amide bonds. The van der Waals surface area contributed by atoms with Gasteiger partial charge in [0.25, 0.3) is 0 Å². The van der Waals surface area contributed by atoms with Gasteiger partial charge in [-0.15, -0.1) is 11.8 Å². The molecule has 3 rings (SSSR count). The third-order valence-corrected chi connectivity index (χ3v) is 4.89. The molecule has 2 aliphatic rings. The lowest BCUT2D eigenvalue weighted by atomic mass is 10.1. The van der Waals surface area contributed by atoms with Crippen molar-refractivity contribution < 1.29 is 19.1 Å². The Bertz CT molecular complexity index is 675. The first-order valence-corrected chi connectivity index (χ1v) is 8.89. The van der Waals surface area contributed by atoms with Crippen LogP contribution in [0.25, 0.3) is 6.08 Å². The van der Waals surface area contributed by atoms with E-state index >= 15 is 0 Å². The first-order valence-electron chi connectivity index (χ1n) is 7.73. The fraction of sp³-hybridized carbons (Fsp3) is 0.412. The molecule has 0 N–H and O–H groups in total. The lowest BCUT2D eigenvalue weighted by Crippen LogP contribution is -2.46. The first kappa shape index (κ1) is 16.7. The van der Waals surface area contributed by atoms with E-state index in [2.05, 4.69) is 0 Å². The minimum absolute atomic E-state index is 0.0407. The first-order chi connectivity index (χ1) is 11.6. The predicted molar refractivity (Wildman–Crippen MR) is 93.1 cm³/mol. The molecule has 0 unspecified atom stereocenters. The SMILES string of the molecule is CN(C)C(=O)[C@@H]1CSCN1C(=O)/C=C\c1ccc2c(c1)OCCO2. The lowest BCUT2D eigenvalue weighted by Gasteiger charge is -2.24. The Morgan fingerprint density at radius 2 is 2.00 bits per heavy atom. The van der Waals surface area contributed by atoms with Gasteiger partial charge in [-0.2, -0.15) is 0 Å². The number of thioether (sulfide) groups is 1. The maximum absolute atomic E-state index is 12.4. The summed E-state index contributed by atoms with van der Waals surface area (Å²) in [6, 6.07) is 5.17. The minimum atomic E-state index is -0.387. The van der Waals surface area contributed by atoms with E-state index in [-0.39, 0.29) is 17.9 Å². The number of likely N-dealkylation sites (N-methyl/N-ethyl adjacent to an activating group) is 1. The molecule has 0 saturated carbocycles. The molecule has 24 heavy (non-hydrogen) atoms. The van der Waals surface area contributed by atoms with Gasteiger partial charge < -0.3 is 19.3 Å². The molecule has 0 radical (unpaired) electrons. The fourth-order valence-corrected chi connectivity index (χ4v) is 3.74. The van der Waals surface area contributed by atoms with Crippen molar-refractivity contribution in [2.75, 3.05) is 38.9 Å². The van der Waals surface area contributed by atoms with Crippen LogP contribution in [0.2, 0.25) is 0 Å². The van der Waals surface area contributed by atoms with Crippen molar-refractivity contribution in [2.45, 2.75) is 6.04 Å². The van der Waals surface area contributed by atoms with Crippen LogP contribution in [0.15, 0.2) is 24.3 Å². The summed E-state index contributed by atoms with van der Waals surface area (Å²) < 4.78 is 11.0. The second kappa shape index (κ2) is 7.17. The van der Waals surface area contributed by atoms with Crippen LogP contribution in [0, 0.1) is 0 Å². The normalized spacial score (nSPS) is 19.6. The largest absolute Gasteiger partial charge is 0.486 e. The van der Waals surface area contributed by atoms with Crippen molar-refractivity contribution in [3.05, 3.63) is 29.8 Å². The number of amides is 2. The highest BCUT2D eigenvalue weighted by Crippen LogP contribution is 2.31. The average Bonchev–Trinajstić information content (AvgIpc) is 3.08. The molecule has 2 aliphatic heterocycles. The number of hydrogen-bond donors (Lipinski definition) is 0. The Morgan fingerprint density at radius 1 is 1.25 bits per heavy atom. The van der Waals surface area contributed by atoms with Crippen LogP contribution in [-0.4, -0.2) is 66.6 Å². The molecule has 0 bridgehead atoms. The van der Waals surface area contributed by atoms with Crippen LogP contribution in [-0.2, 0) is 9.59 Å². The predicted octanol–water partition coefficient (Wildman–Crippen LogP) is 1.46. The molecule has 1 fully saturated rings. The van der Waals surface area contributed by atoms with E-state index in [0.29, 0.717) is 30.6 Å². The maximum atomic E-state index is 12.4. The zero-order valence-electron chi connectivity index (χ0n) is 13.7. The monoisotopic (exact) mass is 348 g/mol. The van der Waals surface area contributed by atoms with Gasteiger partial charge in [-0.1, -0.05) is 6.07 Å². The van der Waals surface area contributed by atoms with E-state index in [1.165, 1.54) is 11.0 Å². The lowest BCUT2D eigenvalue weighted by molar-refractivity contribution is -0.139. The molecule has 128 valence electrons. The molecule has 1 aromatic carbocycles. The average molecular weight is 348 g/mol. The summed E-state index contributed by atoms with van der Waals surface area (Å²) in [5.41, 5.74) is 0.856. The summed E-state index contributed by atoms with van der Waals surface area (Å²) in [6.07, 6.45) is 3.24. The molecule has 0 spiro atoms. The van der Waals surface area contributed by atoms with Gasteiger partial charge in [0.1, 0.15) is 19.3 Å². The van der Waals surface area contributed by atoms with E-state index in [4.69, 9.17) is 9.47 Å². The maximum Gasteiger partial charge on any atom is 0.247 e. The third kappa shape index (κ3) is 3.51. The highest BCUT2D eigenvalue weighted by Gasteiger charge is 2.34. The number of benzene rings is 1. The molecule has 1 atom stereocenters. The second-order valence-electron chi connectivity index (χ2n) is 5.79. The van der Waals surface area contributed by atoms with Crippen molar-refractivity contribution in [3.63, 3.8) is 0 Å². The topological polar surface area (TPSA) is 59.1 Å². The Morgan fingerprint density at radius 3 is 2.75 bits per heavy atom. The van der Waals surface area contributed by atoms with E-state index < -0.39 is 0 Å². The summed E-state index contributed by atoms with van der Waals surface area (Å²) in [4.78, 5) is 27.7. The molecular formula is C17H20N2O4S. The third-order valence-electron chi connectivity index (χ3n) is 3.88. The molecule has 2 heterocycles. The van der Waals surface area contributed by atoms with Gasteiger partial charge in [-0.25, -0.2) is 0 Å². The Labute approximate surface area is 145 Å². The van der Waals surface area contributed by atoms with E-state index in [1.54, 1.807) is 36.8 Å². The highest BCUT2D eigenvalue weighted by atomic mass is 32.2. The van der Waals surface area contributed by atoms with Crippen molar-refractivity contribution in [1.29, 1.82) is 0 Å². The van der Waals surface area contributed by atoms with Gasteiger partial charge in [0, 0.05) is 25.9 Å². The smallest absolute Gasteiger partial charge is 0.247 e. The Hall–Kier alpha value is -2.15. The summed E-state index contributed by atoms with van der Waals surface area (Å²) in [5.74, 6) is 2.39. The fourth-order valence-electron chi connectivity index (χ4n) is 2.59. The molecular weight excluding hydrogens is 328 g/mol. The molecule has 6 nitrogen and oxygen atoms in total. The zero-order valence-corrected chi connectivity index (χ0v) is 14.5. The van der Waals surface area contributed by atoms with Crippen LogP contribution in [0.3, 0.4) is 0 Å². The summed E-state index contributed by atoms with van der Waals surface area (Å²) in [7, 11) is 3.41. The van der Waals surface area contributed by atoms with Crippen molar-refractivity contribution in [3.8, 4) is 11.5 Å². The number of fused-ring (bicyclic) bond motifs is 1. The molecule has 0 aromatic heterocycles. The standard InChI is InChI=1S/C17H20N2O4S/c1-18(2)17(21)13-10-24-11-19(13)16(20)6-4-12-3-5-14-15(9-12)23-8-7-22-14/h3-6,9,13H,7-8,10-11H2,1-2H3/b6-4-/t13-/m0/s1. The van der Waals surface area contributed by atoms with Gasteiger partial charge >= 0.3 is 0 Å². The minimum Gasteiger partial charge on any atom is -0.486 e. The number of rotatable bonds is 3. The van der Waals surface area contributed by atoms with Gasteiger partial charge in [0.05, 0.1) is 5.88 Å². The number of carbonyl (C=O) groups excluding carboxylic acids is 2. The van der Waals surface area contributed by atoms with Gasteiger partial charge in [-0.3, -0.25) is 9.59 Å². The van der Waals surface area contributed by atoms with E-state index in [9.17, 15) is 9.59 Å². The Kier molecular flexibility index (Phi) is 4.99. The summed E-state index contributed by atoms with van der Waals surface area (Å²) >= 11 is 1.59. The van der Waals surface area contributed by atoms with Crippen LogP contribution < -0.4 is 9.47 Å². The summed E-state index contributed by atoms with van der Waals surface area (Å²) in [6.45, 7) is 1.08. The zero-order chi connectivity index (χ0) is 17.1. The number of hydrogen-bond acceptors (Lipinski definition) is 5. The molecule has 0 aliphatic carbocycles. The highest BCUT2D eigenvalue weighted by molar-refractivity contribution is 7.99. The van der Waals surface area contributed by atoms with Crippen molar-refractivity contribution in [1.82, 2.24) is 9.80 Å². The quantitative estimate of drug-likeness (QED) is 0.774. The van der Waals surface area contributed by atoms with Gasteiger partial charge in [0.15, 0.2) is 11.5 Å². The van der Waals surface area contributed by atoms with Crippen LogP contribution in [0.5, 0.6) is 11.5 Å². The molecule has 7 heteroatoms. The molecule has 1 saturated heterocycles. The Balaban J connectivity index is 1.70. The van der Waals surface area contributed by atoms with Gasteiger partial charge in [0.2, 0.25) is 11.8 Å². The van der Waals surface area contributed by atoms with Crippen LogP contribution in [0.1, 0.15) is 5.56 Å². The van der Waals surface area contributed by atoms with E-state index in [1.807, 2.05) is 18.2 Å². The van der Waals surface area contributed by atoms with Gasteiger partial charge in [-0.05, 0) is 23.8 Å². The number of carbonyl (C=O) groups is 2. The van der Waals surface area contributed by atoms with Crippen LogP contribution >= 0.6 is 11.8 Å². The number of nitrogens with zero attached hydrogens (tertiary/aromatic N) is 2. The van der Waals surface area contributed by atoms with Crippen molar-refractivity contribution in [2.24, 2.45) is 0 Å². The van der Waals surface area contributed by atoms with Crippen molar-refractivity contribution >= 4 is 29.7 Å². The molecule has 1 aromatic rings. The van der Waals surface area contributed by atoms with E-state index in [0.717, 1.165) is 11.3 Å². The second-order valence-corrected chi connectivity index (χ2v) is 6.79. The van der Waals surface area contributed by atoms with Crippen LogP contribution in [0.4, 0.5) is 0 Å². The number of ether oxygens (including phenoxy) is 2. The summed E-state index contributed by atoms with van der Waals surface area (Å²) in [5, 5.41) is 0.